The molecule has 0 spiro atoms. The van der Waals surface area contributed by atoms with Gasteiger partial charge in [-0.3, -0.25) is 4.90 Å². The van der Waals surface area contributed by atoms with Crippen LogP contribution in [0.4, 0.5) is 0 Å². The lowest BCUT2D eigenvalue weighted by Gasteiger charge is -2.30. The largest absolute Gasteiger partial charge is 0.497 e. The number of rotatable bonds is 7. The van der Waals surface area contributed by atoms with E-state index in [2.05, 4.69) is 42.4 Å². The Morgan fingerprint density at radius 1 is 1.35 bits per heavy atom. The summed E-state index contributed by atoms with van der Waals surface area (Å²) in [5.41, 5.74) is 1.33. The van der Waals surface area contributed by atoms with Crippen molar-refractivity contribution in [2.45, 2.75) is 51.2 Å². The zero-order valence-electron chi connectivity index (χ0n) is 13.1. The summed E-state index contributed by atoms with van der Waals surface area (Å²) in [4.78, 5) is 2.50. The van der Waals surface area contributed by atoms with E-state index in [1.165, 1.54) is 31.2 Å². The lowest BCUT2D eigenvalue weighted by molar-refractivity contribution is 0.203. The molecule has 1 saturated carbocycles. The van der Waals surface area contributed by atoms with Crippen LogP contribution in [-0.4, -0.2) is 37.7 Å². The maximum Gasteiger partial charge on any atom is 0.119 e. The van der Waals surface area contributed by atoms with Crippen LogP contribution in [0, 0.1) is 0 Å². The average molecular weight is 276 g/mol. The molecule has 0 aliphatic heterocycles. The highest BCUT2D eigenvalue weighted by atomic mass is 16.5. The van der Waals surface area contributed by atoms with E-state index in [-0.39, 0.29) is 0 Å². The molecule has 0 saturated heterocycles. The van der Waals surface area contributed by atoms with E-state index in [0.29, 0.717) is 12.1 Å². The molecule has 112 valence electrons. The molecule has 1 aliphatic carbocycles. The van der Waals surface area contributed by atoms with E-state index in [1.807, 2.05) is 6.07 Å². The van der Waals surface area contributed by atoms with Gasteiger partial charge in [-0.1, -0.05) is 25.5 Å². The Bertz CT molecular complexity index is 408. The van der Waals surface area contributed by atoms with Crippen LogP contribution >= 0.6 is 0 Å². The summed E-state index contributed by atoms with van der Waals surface area (Å²) in [6.45, 7) is 4.36. The quantitative estimate of drug-likeness (QED) is 0.828. The number of methoxy groups -OCH3 is 1. The Morgan fingerprint density at radius 2 is 2.20 bits per heavy atom. The molecule has 1 fully saturated rings. The highest BCUT2D eigenvalue weighted by Crippen LogP contribution is 2.25. The topological polar surface area (TPSA) is 24.5 Å². The van der Waals surface area contributed by atoms with Crippen LogP contribution in [0.25, 0.3) is 0 Å². The molecule has 3 nitrogen and oxygen atoms in total. The monoisotopic (exact) mass is 276 g/mol. The van der Waals surface area contributed by atoms with Gasteiger partial charge in [0.15, 0.2) is 0 Å². The zero-order chi connectivity index (χ0) is 14.4. The molecule has 3 heteroatoms. The second-order valence-corrected chi connectivity index (χ2v) is 5.83. The first-order valence-electron chi connectivity index (χ1n) is 7.81. The minimum absolute atomic E-state index is 0.658. The van der Waals surface area contributed by atoms with Gasteiger partial charge in [-0.15, -0.1) is 0 Å². The van der Waals surface area contributed by atoms with E-state index >= 15 is 0 Å². The average Bonchev–Trinajstić information content (AvgIpc) is 2.93. The van der Waals surface area contributed by atoms with Crippen molar-refractivity contribution in [2.75, 3.05) is 20.7 Å². The lowest BCUT2D eigenvalue weighted by Crippen LogP contribution is -2.45. The molecule has 2 atom stereocenters. The summed E-state index contributed by atoms with van der Waals surface area (Å²) in [7, 11) is 3.97. The Morgan fingerprint density at radius 3 is 2.95 bits per heavy atom. The van der Waals surface area contributed by atoms with Gasteiger partial charge < -0.3 is 10.1 Å². The van der Waals surface area contributed by atoms with Crippen LogP contribution < -0.4 is 10.1 Å². The number of benzene rings is 1. The van der Waals surface area contributed by atoms with Gasteiger partial charge in [0.25, 0.3) is 0 Å². The minimum Gasteiger partial charge on any atom is -0.497 e. The molecule has 0 amide bonds. The fourth-order valence-electron chi connectivity index (χ4n) is 3.21. The number of nitrogens with zero attached hydrogens (tertiary/aromatic N) is 1. The van der Waals surface area contributed by atoms with E-state index < -0.39 is 0 Å². The molecule has 1 aromatic rings. The SMILES string of the molecule is CCCNC1CCCC1N(C)Cc1cccc(OC)c1. The van der Waals surface area contributed by atoms with Gasteiger partial charge in [0.05, 0.1) is 7.11 Å². The standard InChI is InChI=1S/C17H28N2O/c1-4-11-18-16-9-6-10-17(16)19(2)13-14-7-5-8-15(12-14)20-3/h5,7-8,12,16-18H,4,6,9-11,13H2,1-3H3. The first-order valence-corrected chi connectivity index (χ1v) is 7.81. The zero-order valence-corrected chi connectivity index (χ0v) is 13.1. The molecule has 1 aromatic carbocycles. The molecule has 1 aliphatic rings. The van der Waals surface area contributed by atoms with Gasteiger partial charge >= 0.3 is 0 Å². The Labute approximate surface area is 123 Å². The smallest absolute Gasteiger partial charge is 0.119 e. The summed E-state index contributed by atoms with van der Waals surface area (Å²) in [6.07, 6.45) is 5.17. The number of hydrogen-bond acceptors (Lipinski definition) is 3. The molecule has 2 rings (SSSR count). The van der Waals surface area contributed by atoms with Gasteiger partial charge in [0.1, 0.15) is 5.75 Å². The number of hydrogen-bond donors (Lipinski definition) is 1. The predicted octanol–water partition coefficient (Wildman–Crippen LogP) is 3.05. The molecule has 2 unspecified atom stereocenters. The molecule has 0 heterocycles. The van der Waals surface area contributed by atoms with Gasteiger partial charge in [0, 0.05) is 18.6 Å². The molecule has 1 N–H and O–H groups in total. The van der Waals surface area contributed by atoms with Crippen LogP contribution in [0.5, 0.6) is 5.75 Å². The van der Waals surface area contributed by atoms with Crippen molar-refractivity contribution in [2.24, 2.45) is 0 Å². The second-order valence-electron chi connectivity index (χ2n) is 5.83. The van der Waals surface area contributed by atoms with Gasteiger partial charge in [-0.25, -0.2) is 0 Å². The third-order valence-electron chi connectivity index (χ3n) is 4.27. The maximum absolute atomic E-state index is 5.31. The highest BCUT2D eigenvalue weighted by molar-refractivity contribution is 5.28. The van der Waals surface area contributed by atoms with Crippen LogP contribution in [0.2, 0.25) is 0 Å². The maximum atomic E-state index is 5.31. The second kappa shape index (κ2) is 7.65. The molecule has 0 radical (unpaired) electrons. The van der Waals surface area contributed by atoms with Crippen molar-refractivity contribution in [3.63, 3.8) is 0 Å². The lowest BCUT2D eigenvalue weighted by atomic mass is 10.1. The Hall–Kier alpha value is -1.06. The Kier molecular flexibility index (Phi) is 5.86. The summed E-state index contributed by atoms with van der Waals surface area (Å²) in [5, 5.41) is 3.70. The molecular formula is C17H28N2O. The first-order chi connectivity index (χ1) is 9.74. The van der Waals surface area contributed by atoms with Crippen LogP contribution in [0.3, 0.4) is 0 Å². The van der Waals surface area contributed by atoms with E-state index in [9.17, 15) is 0 Å². The van der Waals surface area contributed by atoms with E-state index in [1.54, 1.807) is 7.11 Å². The van der Waals surface area contributed by atoms with Crippen molar-refractivity contribution >= 4 is 0 Å². The van der Waals surface area contributed by atoms with E-state index in [0.717, 1.165) is 18.8 Å². The third-order valence-corrected chi connectivity index (χ3v) is 4.27. The highest BCUT2D eigenvalue weighted by Gasteiger charge is 2.29. The van der Waals surface area contributed by atoms with Crippen molar-refractivity contribution in [3.8, 4) is 5.75 Å². The predicted molar refractivity (Wildman–Crippen MR) is 84.2 cm³/mol. The number of ether oxygens (including phenoxy) is 1. The summed E-state index contributed by atoms with van der Waals surface area (Å²) < 4.78 is 5.31. The first kappa shape index (κ1) is 15.3. The summed E-state index contributed by atoms with van der Waals surface area (Å²) in [5.74, 6) is 0.947. The Balaban J connectivity index is 1.94. The van der Waals surface area contributed by atoms with Crippen molar-refractivity contribution in [1.82, 2.24) is 10.2 Å². The molecule has 0 bridgehead atoms. The molecule has 20 heavy (non-hydrogen) atoms. The van der Waals surface area contributed by atoms with Crippen LogP contribution in [-0.2, 0) is 6.54 Å². The normalized spacial score (nSPS) is 22.4. The van der Waals surface area contributed by atoms with Gasteiger partial charge in [-0.2, -0.15) is 0 Å². The molecular weight excluding hydrogens is 248 g/mol. The third kappa shape index (κ3) is 3.97. The minimum atomic E-state index is 0.658. The summed E-state index contributed by atoms with van der Waals surface area (Å²) in [6, 6.07) is 9.72. The van der Waals surface area contributed by atoms with Crippen molar-refractivity contribution in [1.29, 1.82) is 0 Å². The fraction of sp³-hybridized carbons (Fsp3) is 0.647. The van der Waals surface area contributed by atoms with Gasteiger partial charge in [0.2, 0.25) is 0 Å². The van der Waals surface area contributed by atoms with Crippen LogP contribution in [0.1, 0.15) is 38.2 Å². The number of nitrogens with one attached hydrogen (secondary N) is 1. The van der Waals surface area contributed by atoms with Gasteiger partial charge in [-0.05, 0) is 50.6 Å². The van der Waals surface area contributed by atoms with E-state index in [4.69, 9.17) is 4.74 Å². The fourth-order valence-corrected chi connectivity index (χ4v) is 3.21. The van der Waals surface area contributed by atoms with Crippen LogP contribution in [0.15, 0.2) is 24.3 Å². The molecule has 0 aromatic heterocycles. The summed E-state index contributed by atoms with van der Waals surface area (Å²) >= 11 is 0. The van der Waals surface area contributed by atoms with Crippen molar-refractivity contribution in [3.05, 3.63) is 29.8 Å². The van der Waals surface area contributed by atoms with Crippen molar-refractivity contribution < 1.29 is 4.74 Å². The number of likely N-dealkylation sites (N-methyl/N-ethyl adjacent to an activating group) is 1.